The first-order chi connectivity index (χ1) is 10.1. The van der Waals surface area contributed by atoms with Crippen LogP contribution in [0.25, 0.3) is 0 Å². The average molecular weight is 291 g/mol. The molecule has 1 aromatic carbocycles. The predicted molar refractivity (Wildman–Crippen MR) is 78.6 cm³/mol. The highest BCUT2D eigenvalue weighted by molar-refractivity contribution is 5.94. The van der Waals surface area contributed by atoms with E-state index in [0.717, 1.165) is 24.1 Å². The Labute approximate surface area is 124 Å². The lowest BCUT2D eigenvalue weighted by molar-refractivity contribution is -0.140. The van der Waals surface area contributed by atoms with Crippen molar-refractivity contribution in [3.05, 3.63) is 29.8 Å². The predicted octanol–water partition coefficient (Wildman–Crippen LogP) is 2.41. The second-order valence-electron chi connectivity index (χ2n) is 5.37. The summed E-state index contributed by atoms with van der Waals surface area (Å²) in [5.74, 6) is -0.0182. The van der Waals surface area contributed by atoms with E-state index in [4.69, 9.17) is 0 Å². The first kappa shape index (κ1) is 15.5. The topological polar surface area (TPSA) is 75.6 Å². The number of carbonyl (C=O) groups excluding carboxylic acids is 2. The van der Waals surface area contributed by atoms with Crippen molar-refractivity contribution < 1.29 is 19.4 Å². The Hall–Kier alpha value is -1.88. The monoisotopic (exact) mass is 291 g/mol. The van der Waals surface area contributed by atoms with Gasteiger partial charge < -0.3 is 15.2 Å². The summed E-state index contributed by atoms with van der Waals surface area (Å²) in [6, 6.07) is 7.18. The summed E-state index contributed by atoms with van der Waals surface area (Å²) in [5.41, 5.74) is 1.53. The number of rotatable bonds is 7. The Balaban J connectivity index is 1.80. The molecule has 5 heteroatoms. The van der Waals surface area contributed by atoms with Crippen molar-refractivity contribution in [2.24, 2.45) is 5.92 Å². The number of hydrogen-bond acceptors (Lipinski definition) is 4. The van der Waals surface area contributed by atoms with E-state index >= 15 is 0 Å². The number of nitrogens with one attached hydrogen (secondary N) is 1. The van der Waals surface area contributed by atoms with Crippen molar-refractivity contribution >= 4 is 17.6 Å². The van der Waals surface area contributed by atoms with Crippen molar-refractivity contribution in [2.45, 2.75) is 38.2 Å². The van der Waals surface area contributed by atoms with E-state index < -0.39 is 6.10 Å². The molecule has 2 N–H and O–H groups in total. The van der Waals surface area contributed by atoms with Crippen molar-refractivity contribution in [3.8, 4) is 0 Å². The molecule has 1 amide bonds. The van der Waals surface area contributed by atoms with E-state index in [-0.39, 0.29) is 17.8 Å². The van der Waals surface area contributed by atoms with E-state index in [2.05, 4.69) is 10.1 Å². The molecule has 0 aromatic heterocycles. The number of esters is 1. The van der Waals surface area contributed by atoms with Crippen LogP contribution >= 0.6 is 0 Å². The minimum atomic E-state index is -0.608. The summed E-state index contributed by atoms with van der Waals surface area (Å²) in [7, 11) is 1.35. The molecule has 0 spiro atoms. The van der Waals surface area contributed by atoms with E-state index in [1.807, 2.05) is 0 Å². The van der Waals surface area contributed by atoms with Crippen molar-refractivity contribution in [1.29, 1.82) is 0 Å². The highest BCUT2D eigenvalue weighted by Gasteiger charge is 2.29. The summed E-state index contributed by atoms with van der Waals surface area (Å²) < 4.78 is 4.55. The zero-order valence-corrected chi connectivity index (χ0v) is 12.2. The average Bonchev–Trinajstić information content (AvgIpc) is 3.32. The van der Waals surface area contributed by atoms with Crippen molar-refractivity contribution in [2.75, 3.05) is 12.4 Å². The molecule has 1 atom stereocenters. The van der Waals surface area contributed by atoms with Crippen molar-refractivity contribution in [3.63, 3.8) is 0 Å². The molecule has 1 aliphatic carbocycles. The molecule has 1 saturated carbocycles. The number of benzene rings is 1. The van der Waals surface area contributed by atoms with E-state index in [9.17, 15) is 14.7 Å². The van der Waals surface area contributed by atoms with Crippen LogP contribution in [0.5, 0.6) is 0 Å². The largest absolute Gasteiger partial charge is 0.469 e. The molecule has 0 radical (unpaired) electrons. The van der Waals surface area contributed by atoms with Gasteiger partial charge in [0.25, 0.3) is 0 Å². The molecule has 114 valence electrons. The van der Waals surface area contributed by atoms with Gasteiger partial charge in [-0.1, -0.05) is 12.1 Å². The molecule has 2 rings (SSSR count). The third-order valence-electron chi connectivity index (χ3n) is 3.60. The molecule has 0 aliphatic heterocycles. The highest BCUT2D eigenvalue weighted by atomic mass is 16.5. The maximum Gasteiger partial charge on any atom is 0.305 e. The second kappa shape index (κ2) is 7.22. The highest BCUT2D eigenvalue weighted by Crippen LogP contribution is 2.30. The Kier molecular flexibility index (Phi) is 5.33. The van der Waals surface area contributed by atoms with Crippen LogP contribution in [0.3, 0.4) is 0 Å². The fourth-order valence-electron chi connectivity index (χ4n) is 2.09. The van der Waals surface area contributed by atoms with Gasteiger partial charge in [0.2, 0.25) is 5.91 Å². The van der Waals surface area contributed by atoms with Gasteiger partial charge in [0.15, 0.2) is 0 Å². The molecule has 0 bridgehead atoms. The van der Waals surface area contributed by atoms with Crippen LogP contribution in [-0.2, 0) is 14.3 Å². The quantitative estimate of drug-likeness (QED) is 0.756. The minimum Gasteiger partial charge on any atom is -0.469 e. The maximum atomic E-state index is 11.6. The van der Waals surface area contributed by atoms with Gasteiger partial charge in [0.1, 0.15) is 0 Å². The Bertz CT molecular complexity index is 494. The number of aliphatic hydroxyl groups is 1. The van der Waals surface area contributed by atoms with Crippen LogP contribution in [0.2, 0.25) is 0 Å². The molecule has 5 nitrogen and oxygen atoms in total. The fourth-order valence-corrected chi connectivity index (χ4v) is 2.09. The first-order valence-corrected chi connectivity index (χ1v) is 7.26. The summed E-state index contributed by atoms with van der Waals surface area (Å²) in [6.45, 7) is 0. The number of hydrogen-bond donors (Lipinski definition) is 2. The number of carbonyl (C=O) groups is 2. The standard InChI is InChI=1S/C16H21NO4/c1-21-15(19)4-2-3-14(18)11-7-9-13(10-8-11)17-16(20)12-5-6-12/h7-10,12,14,18H,2-6H2,1H3,(H,17,20). The molecular weight excluding hydrogens is 270 g/mol. The molecule has 1 aromatic rings. The third kappa shape index (κ3) is 4.86. The first-order valence-electron chi connectivity index (χ1n) is 7.26. The van der Waals surface area contributed by atoms with Crippen LogP contribution in [0.1, 0.15) is 43.8 Å². The van der Waals surface area contributed by atoms with Gasteiger partial charge in [-0.15, -0.1) is 0 Å². The van der Waals surface area contributed by atoms with Crippen LogP contribution in [-0.4, -0.2) is 24.1 Å². The lowest BCUT2D eigenvalue weighted by Gasteiger charge is -2.11. The number of anilines is 1. The van der Waals surface area contributed by atoms with Crippen molar-refractivity contribution in [1.82, 2.24) is 0 Å². The smallest absolute Gasteiger partial charge is 0.305 e. The fraction of sp³-hybridized carbons (Fsp3) is 0.500. The molecule has 1 unspecified atom stereocenters. The summed E-state index contributed by atoms with van der Waals surface area (Å²) in [4.78, 5) is 22.6. The van der Waals surface area contributed by atoms with Gasteiger partial charge >= 0.3 is 5.97 Å². The van der Waals surface area contributed by atoms with E-state index in [0.29, 0.717) is 19.3 Å². The Morgan fingerprint density at radius 2 is 2.00 bits per heavy atom. The van der Waals surface area contributed by atoms with Crippen LogP contribution in [0.15, 0.2) is 24.3 Å². The molecule has 1 fully saturated rings. The zero-order chi connectivity index (χ0) is 15.2. The molecule has 1 aliphatic rings. The third-order valence-corrected chi connectivity index (χ3v) is 3.60. The van der Waals surface area contributed by atoms with Gasteiger partial charge in [-0.25, -0.2) is 0 Å². The van der Waals surface area contributed by atoms with Gasteiger partial charge in [-0.2, -0.15) is 0 Å². The van der Waals surface area contributed by atoms with E-state index in [1.165, 1.54) is 7.11 Å². The lowest BCUT2D eigenvalue weighted by atomic mass is 10.0. The number of methoxy groups -OCH3 is 1. The van der Waals surface area contributed by atoms with Gasteiger partial charge in [-0.3, -0.25) is 9.59 Å². The molecule has 0 heterocycles. The van der Waals surface area contributed by atoms with Gasteiger partial charge in [-0.05, 0) is 43.4 Å². The number of ether oxygens (including phenoxy) is 1. The normalized spacial score (nSPS) is 15.3. The second-order valence-corrected chi connectivity index (χ2v) is 5.37. The lowest BCUT2D eigenvalue weighted by Crippen LogP contribution is -2.13. The Morgan fingerprint density at radius 1 is 1.33 bits per heavy atom. The zero-order valence-electron chi connectivity index (χ0n) is 12.2. The Morgan fingerprint density at radius 3 is 2.57 bits per heavy atom. The van der Waals surface area contributed by atoms with Gasteiger partial charge in [0.05, 0.1) is 13.2 Å². The van der Waals surface area contributed by atoms with Crippen LogP contribution in [0.4, 0.5) is 5.69 Å². The summed E-state index contributed by atoms with van der Waals surface area (Å²) >= 11 is 0. The SMILES string of the molecule is COC(=O)CCCC(O)c1ccc(NC(=O)C2CC2)cc1. The van der Waals surface area contributed by atoms with Crippen LogP contribution < -0.4 is 5.32 Å². The minimum absolute atomic E-state index is 0.0707. The summed E-state index contributed by atoms with van der Waals surface area (Å²) in [5, 5.41) is 12.9. The maximum absolute atomic E-state index is 11.6. The molecule has 0 saturated heterocycles. The van der Waals surface area contributed by atoms with E-state index in [1.54, 1.807) is 24.3 Å². The molecular formula is C16H21NO4. The summed E-state index contributed by atoms with van der Waals surface area (Å²) in [6.07, 6.45) is 2.73. The number of amides is 1. The number of aliphatic hydroxyl groups excluding tert-OH is 1. The van der Waals surface area contributed by atoms with Gasteiger partial charge in [0, 0.05) is 18.0 Å². The molecule has 21 heavy (non-hydrogen) atoms. The van der Waals surface area contributed by atoms with Crippen LogP contribution in [0, 0.1) is 5.92 Å².